The van der Waals surface area contributed by atoms with Crippen LogP contribution in [0.5, 0.6) is 0 Å². The average Bonchev–Trinajstić information content (AvgIpc) is 2.37. The van der Waals surface area contributed by atoms with E-state index < -0.39 is 0 Å². The molecule has 0 saturated heterocycles. The van der Waals surface area contributed by atoms with Crippen LogP contribution in [0, 0.1) is 27.7 Å². The zero-order valence-electron chi connectivity index (χ0n) is 12.3. The molecule has 0 aliphatic rings. The lowest BCUT2D eigenvalue weighted by Gasteiger charge is -2.10. The Labute approximate surface area is 119 Å². The normalized spacial score (nSPS) is 10.4. The number of rotatable bonds is 3. The quantitative estimate of drug-likeness (QED) is 0.932. The Kier molecular flexibility index (Phi) is 4.13. The van der Waals surface area contributed by atoms with Crippen LogP contribution in [0.4, 0.5) is 0 Å². The fourth-order valence-electron chi connectivity index (χ4n) is 2.19. The molecule has 0 fully saturated rings. The molecule has 0 spiro atoms. The molecule has 0 bridgehead atoms. The van der Waals surface area contributed by atoms with E-state index in [1.807, 2.05) is 52.0 Å². The van der Waals surface area contributed by atoms with Crippen LogP contribution in [0.2, 0.25) is 0 Å². The number of aromatic nitrogens is 2. The van der Waals surface area contributed by atoms with Crippen LogP contribution in [0.25, 0.3) is 0 Å². The zero-order chi connectivity index (χ0) is 14.7. The summed E-state index contributed by atoms with van der Waals surface area (Å²) in [5.41, 5.74) is 4.29. The van der Waals surface area contributed by atoms with Crippen LogP contribution in [0.15, 0.2) is 24.3 Å². The number of carbonyl (C=O) groups is 1. The molecule has 1 amide bonds. The first-order valence-corrected chi connectivity index (χ1v) is 6.63. The molecule has 1 aromatic heterocycles. The zero-order valence-corrected chi connectivity index (χ0v) is 12.3. The molecule has 2 rings (SSSR count). The number of carbonyl (C=O) groups excluding carboxylic acids is 1. The highest BCUT2D eigenvalue weighted by Crippen LogP contribution is 2.10. The molecule has 104 valence electrons. The maximum Gasteiger partial charge on any atom is 0.255 e. The Morgan fingerprint density at radius 1 is 1.00 bits per heavy atom. The second kappa shape index (κ2) is 5.82. The molecule has 20 heavy (non-hydrogen) atoms. The van der Waals surface area contributed by atoms with Gasteiger partial charge in [-0.2, -0.15) is 0 Å². The van der Waals surface area contributed by atoms with E-state index in [0.717, 1.165) is 17.0 Å². The lowest BCUT2D eigenvalue weighted by Crippen LogP contribution is -2.25. The molecular formula is C16H19N3O. The van der Waals surface area contributed by atoms with Crippen LogP contribution < -0.4 is 5.32 Å². The summed E-state index contributed by atoms with van der Waals surface area (Å²) in [6.45, 7) is 8.05. The first-order chi connectivity index (χ1) is 9.47. The van der Waals surface area contributed by atoms with Gasteiger partial charge in [0.05, 0.1) is 17.0 Å². The summed E-state index contributed by atoms with van der Waals surface area (Å²) in [5.74, 6) is 0.565. The molecule has 1 aromatic carbocycles. The number of amides is 1. The van der Waals surface area contributed by atoms with Gasteiger partial charge in [0.2, 0.25) is 0 Å². The van der Waals surface area contributed by atoms with E-state index in [-0.39, 0.29) is 5.91 Å². The van der Waals surface area contributed by atoms with Crippen LogP contribution in [0.1, 0.15) is 38.7 Å². The van der Waals surface area contributed by atoms with Crippen molar-refractivity contribution in [1.82, 2.24) is 15.3 Å². The Morgan fingerprint density at radius 3 is 2.10 bits per heavy atom. The number of aryl methyl sites for hydroxylation is 4. The third-order valence-corrected chi connectivity index (χ3v) is 3.18. The predicted octanol–water partition coefficient (Wildman–Crippen LogP) is 2.64. The highest BCUT2D eigenvalue weighted by atomic mass is 16.1. The van der Waals surface area contributed by atoms with Gasteiger partial charge in [0, 0.05) is 6.54 Å². The third kappa shape index (κ3) is 3.20. The number of hydrogen-bond donors (Lipinski definition) is 1. The SMILES string of the molecule is Cc1ccc(CNC(=O)c2c(C)nc(C)nc2C)cc1. The van der Waals surface area contributed by atoms with Crippen molar-refractivity contribution in [3.05, 3.63) is 58.2 Å². The molecular weight excluding hydrogens is 250 g/mol. The summed E-state index contributed by atoms with van der Waals surface area (Å²) in [5, 5.41) is 2.92. The summed E-state index contributed by atoms with van der Waals surface area (Å²) in [6.07, 6.45) is 0. The van der Waals surface area contributed by atoms with E-state index in [2.05, 4.69) is 15.3 Å². The second-order valence-electron chi connectivity index (χ2n) is 4.98. The molecule has 2 aromatic rings. The van der Waals surface area contributed by atoms with Crippen molar-refractivity contribution in [2.45, 2.75) is 34.2 Å². The van der Waals surface area contributed by atoms with Crippen LogP contribution in [-0.2, 0) is 6.54 Å². The molecule has 4 heteroatoms. The van der Waals surface area contributed by atoms with Crippen molar-refractivity contribution in [2.24, 2.45) is 0 Å². The van der Waals surface area contributed by atoms with Gasteiger partial charge in [-0.15, -0.1) is 0 Å². The van der Waals surface area contributed by atoms with E-state index in [1.54, 1.807) is 0 Å². The summed E-state index contributed by atoms with van der Waals surface area (Å²) in [6, 6.07) is 8.10. The lowest BCUT2D eigenvalue weighted by atomic mass is 10.1. The van der Waals surface area contributed by atoms with Crippen LogP contribution in [0.3, 0.4) is 0 Å². The van der Waals surface area contributed by atoms with Gasteiger partial charge in [0.15, 0.2) is 0 Å². The monoisotopic (exact) mass is 269 g/mol. The van der Waals surface area contributed by atoms with E-state index in [0.29, 0.717) is 17.9 Å². The molecule has 0 aliphatic heterocycles. The maximum atomic E-state index is 12.2. The Bertz CT molecular complexity index is 610. The van der Waals surface area contributed by atoms with Gasteiger partial charge in [0.25, 0.3) is 5.91 Å². The number of benzene rings is 1. The standard InChI is InChI=1S/C16H19N3O/c1-10-5-7-14(8-6-10)9-17-16(20)15-11(2)18-13(4)19-12(15)3/h5-8H,9H2,1-4H3,(H,17,20). The second-order valence-corrected chi connectivity index (χ2v) is 4.98. The van der Waals surface area contributed by atoms with Crippen molar-refractivity contribution >= 4 is 5.91 Å². The molecule has 1 N–H and O–H groups in total. The molecule has 1 heterocycles. The first-order valence-electron chi connectivity index (χ1n) is 6.63. The van der Waals surface area contributed by atoms with E-state index in [4.69, 9.17) is 0 Å². The molecule has 0 unspecified atom stereocenters. The predicted molar refractivity (Wildman–Crippen MR) is 78.6 cm³/mol. The average molecular weight is 269 g/mol. The first kappa shape index (κ1) is 14.2. The molecule has 0 aliphatic carbocycles. The van der Waals surface area contributed by atoms with Crippen molar-refractivity contribution in [3.8, 4) is 0 Å². The highest BCUT2D eigenvalue weighted by Gasteiger charge is 2.14. The minimum absolute atomic E-state index is 0.124. The Hall–Kier alpha value is -2.23. The maximum absolute atomic E-state index is 12.2. The minimum atomic E-state index is -0.124. The largest absolute Gasteiger partial charge is 0.348 e. The van der Waals surface area contributed by atoms with Gasteiger partial charge >= 0.3 is 0 Å². The smallest absolute Gasteiger partial charge is 0.255 e. The third-order valence-electron chi connectivity index (χ3n) is 3.18. The Balaban J connectivity index is 2.11. The van der Waals surface area contributed by atoms with E-state index >= 15 is 0 Å². The molecule has 0 radical (unpaired) electrons. The molecule has 0 atom stereocenters. The van der Waals surface area contributed by atoms with Crippen molar-refractivity contribution in [3.63, 3.8) is 0 Å². The van der Waals surface area contributed by atoms with Gasteiger partial charge in [-0.3, -0.25) is 4.79 Å². The number of hydrogen-bond acceptors (Lipinski definition) is 3. The Morgan fingerprint density at radius 2 is 1.55 bits per heavy atom. The van der Waals surface area contributed by atoms with Gasteiger partial charge in [-0.25, -0.2) is 9.97 Å². The van der Waals surface area contributed by atoms with Gasteiger partial charge in [-0.1, -0.05) is 29.8 Å². The number of nitrogens with zero attached hydrogens (tertiary/aromatic N) is 2. The van der Waals surface area contributed by atoms with E-state index in [9.17, 15) is 4.79 Å². The number of nitrogens with one attached hydrogen (secondary N) is 1. The topological polar surface area (TPSA) is 54.9 Å². The molecule has 0 saturated carbocycles. The van der Waals surface area contributed by atoms with Crippen molar-refractivity contribution in [1.29, 1.82) is 0 Å². The van der Waals surface area contributed by atoms with E-state index in [1.165, 1.54) is 5.56 Å². The van der Waals surface area contributed by atoms with Gasteiger partial charge in [0.1, 0.15) is 5.82 Å². The summed E-state index contributed by atoms with van der Waals surface area (Å²) in [4.78, 5) is 20.7. The highest BCUT2D eigenvalue weighted by molar-refractivity contribution is 5.96. The van der Waals surface area contributed by atoms with Crippen LogP contribution in [-0.4, -0.2) is 15.9 Å². The van der Waals surface area contributed by atoms with Crippen LogP contribution >= 0.6 is 0 Å². The fourth-order valence-corrected chi connectivity index (χ4v) is 2.19. The summed E-state index contributed by atoms with van der Waals surface area (Å²) >= 11 is 0. The lowest BCUT2D eigenvalue weighted by molar-refractivity contribution is 0.0948. The minimum Gasteiger partial charge on any atom is -0.348 e. The molecule has 4 nitrogen and oxygen atoms in total. The van der Waals surface area contributed by atoms with Crippen molar-refractivity contribution < 1.29 is 4.79 Å². The van der Waals surface area contributed by atoms with Crippen molar-refractivity contribution in [2.75, 3.05) is 0 Å². The van der Waals surface area contributed by atoms with Gasteiger partial charge < -0.3 is 5.32 Å². The fraction of sp³-hybridized carbons (Fsp3) is 0.312. The summed E-state index contributed by atoms with van der Waals surface area (Å²) < 4.78 is 0. The van der Waals surface area contributed by atoms with Gasteiger partial charge in [-0.05, 0) is 33.3 Å². The summed E-state index contributed by atoms with van der Waals surface area (Å²) in [7, 11) is 0.